The fraction of sp³-hybridized carbons (Fsp3) is 0.857. The van der Waals surface area contributed by atoms with E-state index in [1.54, 1.807) is 6.92 Å². The first-order valence-electron chi connectivity index (χ1n) is 3.70. The first kappa shape index (κ1) is 8.49. The largest absolute Gasteiger partial charge is 0.358 e. The molecule has 0 saturated carbocycles. The van der Waals surface area contributed by atoms with Gasteiger partial charge in [0.1, 0.15) is 6.23 Å². The van der Waals surface area contributed by atoms with Crippen LogP contribution in [-0.2, 0) is 9.53 Å². The van der Waals surface area contributed by atoms with Gasteiger partial charge in [0, 0.05) is 6.54 Å². The van der Waals surface area contributed by atoms with Crippen LogP contribution in [0, 0.1) is 0 Å². The van der Waals surface area contributed by atoms with Crippen LogP contribution < -0.4 is 0 Å². The number of hydrogen-bond acceptors (Lipinski definition) is 3. The maximum atomic E-state index is 11.2. The van der Waals surface area contributed by atoms with Gasteiger partial charge in [0.25, 0.3) is 5.91 Å². The van der Waals surface area contributed by atoms with Gasteiger partial charge in [0.2, 0.25) is 5.79 Å². The number of likely N-dealkylation sites (N-methyl/N-ethyl adjacent to an activating group) is 1. The molecule has 4 heteroatoms. The average molecular weight is 159 g/mol. The SMILES string of the molecule is CCN1C(=O)[C@](C)(O)O[C@@H]1C. The monoisotopic (exact) mass is 159 g/mol. The summed E-state index contributed by atoms with van der Waals surface area (Å²) in [5.41, 5.74) is 0. The standard InChI is InChI=1S/C7H13NO3/c1-4-8-5(2)11-7(3,10)6(8)9/h5,10H,4H2,1-3H3/t5-,7-/m1/s1. The molecule has 0 unspecified atom stereocenters. The van der Waals surface area contributed by atoms with Gasteiger partial charge in [-0.2, -0.15) is 0 Å². The normalized spacial score (nSPS) is 38.4. The molecule has 0 aromatic heterocycles. The van der Waals surface area contributed by atoms with Crippen molar-refractivity contribution in [2.45, 2.75) is 32.8 Å². The van der Waals surface area contributed by atoms with Crippen molar-refractivity contribution in [1.29, 1.82) is 0 Å². The zero-order valence-electron chi connectivity index (χ0n) is 7.00. The summed E-state index contributed by atoms with van der Waals surface area (Å²) in [5, 5.41) is 9.32. The van der Waals surface area contributed by atoms with E-state index < -0.39 is 5.79 Å². The van der Waals surface area contributed by atoms with Gasteiger partial charge in [-0.3, -0.25) is 4.79 Å². The molecule has 4 nitrogen and oxygen atoms in total. The minimum atomic E-state index is -1.62. The second kappa shape index (κ2) is 2.46. The number of aliphatic hydroxyl groups is 1. The number of carbonyl (C=O) groups is 1. The van der Waals surface area contributed by atoms with E-state index in [-0.39, 0.29) is 12.1 Å². The Kier molecular flexibility index (Phi) is 1.90. The molecular weight excluding hydrogens is 146 g/mol. The predicted molar refractivity (Wildman–Crippen MR) is 38.6 cm³/mol. The fourth-order valence-electron chi connectivity index (χ4n) is 1.28. The van der Waals surface area contributed by atoms with Crippen LogP contribution in [0.25, 0.3) is 0 Å². The van der Waals surface area contributed by atoms with E-state index in [0.717, 1.165) is 0 Å². The number of hydrogen-bond donors (Lipinski definition) is 1. The smallest absolute Gasteiger partial charge is 0.284 e. The molecule has 2 atom stereocenters. The lowest BCUT2D eigenvalue weighted by Gasteiger charge is -2.15. The van der Waals surface area contributed by atoms with E-state index in [4.69, 9.17) is 4.74 Å². The van der Waals surface area contributed by atoms with Crippen molar-refractivity contribution < 1.29 is 14.6 Å². The van der Waals surface area contributed by atoms with Gasteiger partial charge in [0.05, 0.1) is 0 Å². The summed E-state index contributed by atoms with van der Waals surface area (Å²) in [5.74, 6) is -1.97. The highest BCUT2D eigenvalue weighted by Gasteiger charge is 2.45. The molecule has 0 aliphatic carbocycles. The summed E-state index contributed by atoms with van der Waals surface area (Å²) in [7, 11) is 0. The number of amides is 1. The Labute approximate surface area is 65.8 Å². The number of nitrogens with zero attached hydrogens (tertiary/aromatic N) is 1. The molecule has 0 aromatic rings. The maximum absolute atomic E-state index is 11.2. The van der Waals surface area contributed by atoms with Crippen LogP contribution in [0.1, 0.15) is 20.8 Å². The van der Waals surface area contributed by atoms with Gasteiger partial charge >= 0.3 is 0 Å². The molecule has 0 aromatic carbocycles. The van der Waals surface area contributed by atoms with Crippen molar-refractivity contribution in [3.8, 4) is 0 Å². The summed E-state index contributed by atoms with van der Waals surface area (Å²) in [6.45, 7) is 5.51. The van der Waals surface area contributed by atoms with Crippen molar-refractivity contribution in [1.82, 2.24) is 4.90 Å². The Hall–Kier alpha value is -0.610. The van der Waals surface area contributed by atoms with Crippen LogP contribution in [0.15, 0.2) is 0 Å². The van der Waals surface area contributed by atoms with Gasteiger partial charge < -0.3 is 14.7 Å². The van der Waals surface area contributed by atoms with Crippen molar-refractivity contribution in [3.63, 3.8) is 0 Å². The van der Waals surface area contributed by atoms with Crippen LogP contribution in [0.5, 0.6) is 0 Å². The Bertz CT molecular complexity index is 179. The molecule has 1 aliphatic heterocycles. The van der Waals surface area contributed by atoms with Crippen molar-refractivity contribution in [2.24, 2.45) is 0 Å². The third kappa shape index (κ3) is 1.23. The molecule has 11 heavy (non-hydrogen) atoms. The van der Waals surface area contributed by atoms with E-state index in [1.165, 1.54) is 11.8 Å². The lowest BCUT2D eigenvalue weighted by molar-refractivity contribution is -0.183. The highest BCUT2D eigenvalue weighted by Crippen LogP contribution is 2.23. The zero-order chi connectivity index (χ0) is 8.65. The van der Waals surface area contributed by atoms with E-state index in [9.17, 15) is 9.90 Å². The number of rotatable bonds is 1. The highest BCUT2D eigenvalue weighted by atomic mass is 16.7. The van der Waals surface area contributed by atoms with Crippen LogP contribution in [-0.4, -0.2) is 34.5 Å². The second-order valence-electron chi connectivity index (χ2n) is 2.79. The van der Waals surface area contributed by atoms with Gasteiger partial charge in [-0.25, -0.2) is 0 Å². The molecular formula is C7H13NO3. The van der Waals surface area contributed by atoms with Gasteiger partial charge in [-0.15, -0.1) is 0 Å². The van der Waals surface area contributed by atoms with Gasteiger partial charge in [-0.1, -0.05) is 0 Å². The van der Waals surface area contributed by atoms with Crippen LogP contribution in [0.4, 0.5) is 0 Å². The second-order valence-corrected chi connectivity index (χ2v) is 2.79. The Morgan fingerprint density at radius 3 is 2.55 bits per heavy atom. The Morgan fingerprint density at radius 2 is 2.36 bits per heavy atom. The number of carbonyl (C=O) groups excluding carboxylic acids is 1. The summed E-state index contributed by atoms with van der Waals surface area (Å²) in [6.07, 6.45) is -0.317. The summed E-state index contributed by atoms with van der Waals surface area (Å²) >= 11 is 0. The molecule has 0 bridgehead atoms. The molecule has 1 aliphatic rings. The van der Waals surface area contributed by atoms with Crippen LogP contribution in [0.2, 0.25) is 0 Å². The minimum Gasteiger partial charge on any atom is -0.358 e. The van der Waals surface area contributed by atoms with Crippen LogP contribution in [0.3, 0.4) is 0 Å². The maximum Gasteiger partial charge on any atom is 0.284 e. The van der Waals surface area contributed by atoms with Crippen LogP contribution >= 0.6 is 0 Å². The molecule has 1 fully saturated rings. The third-order valence-corrected chi connectivity index (χ3v) is 1.84. The summed E-state index contributed by atoms with van der Waals surface area (Å²) in [6, 6.07) is 0. The molecule has 0 spiro atoms. The average Bonchev–Trinajstić information content (AvgIpc) is 2.04. The molecule has 1 rings (SSSR count). The molecule has 64 valence electrons. The first-order valence-corrected chi connectivity index (χ1v) is 3.70. The predicted octanol–water partition coefficient (Wildman–Crippen LogP) is -0.0804. The highest BCUT2D eigenvalue weighted by molar-refractivity contribution is 5.84. The van der Waals surface area contributed by atoms with Gasteiger partial charge in [-0.05, 0) is 20.8 Å². The quantitative estimate of drug-likeness (QED) is 0.582. The van der Waals surface area contributed by atoms with E-state index >= 15 is 0 Å². The number of ether oxygens (including phenoxy) is 1. The first-order chi connectivity index (χ1) is 4.99. The molecule has 1 N–H and O–H groups in total. The lowest BCUT2D eigenvalue weighted by atomic mass is 10.3. The topological polar surface area (TPSA) is 49.8 Å². The zero-order valence-corrected chi connectivity index (χ0v) is 7.00. The van der Waals surface area contributed by atoms with Crippen molar-refractivity contribution >= 4 is 5.91 Å². The third-order valence-electron chi connectivity index (χ3n) is 1.84. The van der Waals surface area contributed by atoms with E-state index in [2.05, 4.69) is 0 Å². The van der Waals surface area contributed by atoms with E-state index in [1.807, 2.05) is 6.92 Å². The van der Waals surface area contributed by atoms with Gasteiger partial charge in [0.15, 0.2) is 0 Å². The fourth-order valence-corrected chi connectivity index (χ4v) is 1.28. The summed E-state index contributed by atoms with van der Waals surface area (Å²) in [4.78, 5) is 12.7. The van der Waals surface area contributed by atoms with Crippen molar-refractivity contribution in [3.05, 3.63) is 0 Å². The Balaban J connectivity index is 2.80. The molecule has 1 amide bonds. The van der Waals surface area contributed by atoms with Crippen molar-refractivity contribution in [2.75, 3.05) is 6.54 Å². The minimum absolute atomic E-state index is 0.317. The molecule has 0 radical (unpaired) electrons. The molecule has 1 heterocycles. The lowest BCUT2D eigenvalue weighted by Crippen LogP contribution is -2.38. The molecule has 1 saturated heterocycles. The van der Waals surface area contributed by atoms with E-state index in [0.29, 0.717) is 6.54 Å². The summed E-state index contributed by atoms with van der Waals surface area (Å²) < 4.78 is 5.00. The Morgan fingerprint density at radius 1 is 1.82 bits per heavy atom.